The summed E-state index contributed by atoms with van der Waals surface area (Å²) in [6.07, 6.45) is 0.824. The summed E-state index contributed by atoms with van der Waals surface area (Å²) in [6.45, 7) is 0.295. The summed E-state index contributed by atoms with van der Waals surface area (Å²) >= 11 is 0. The second-order valence-corrected chi connectivity index (χ2v) is 4.79. The van der Waals surface area contributed by atoms with Crippen molar-refractivity contribution in [2.75, 3.05) is 14.1 Å². The van der Waals surface area contributed by atoms with Gasteiger partial charge in [-0.3, -0.25) is 4.79 Å². The van der Waals surface area contributed by atoms with Gasteiger partial charge in [0.05, 0.1) is 0 Å². The third kappa shape index (κ3) is 3.77. The summed E-state index contributed by atoms with van der Waals surface area (Å²) in [7, 11) is 3.36. The third-order valence-electron chi connectivity index (χ3n) is 2.96. The first-order valence-corrected chi connectivity index (χ1v) is 6.51. The third-order valence-corrected chi connectivity index (χ3v) is 2.96. The van der Waals surface area contributed by atoms with Crippen molar-refractivity contribution in [2.45, 2.75) is 19.4 Å². The molecule has 0 unspecified atom stereocenters. The van der Waals surface area contributed by atoms with Gasteiger partial charge in [0.1, 0.15) is 5.82 Å². The molecular formula is C14H16FN3O3. The zero-order chi connectivity index (χ0) is 15.4. The SMILES string of the molecule is CN(C)C(=O)CCCn1nc(-c2ccc(F)cc2)oc1=O. The molecule has 2 aromatic rings. The van der Waals surface area contributed by atoms with E-state index in [1.807, 2.05) is 0 Å². The van der Waals surface area contributed by atoms with Crippen molar-refractivity contribution >= 4 is 5.91 Å². The Balaban J connectivity index is 2.04. The van der Waals surface area contributed by atoms with E-state index in [0.717, 1.165) is 0 Å². The van der Waals surface area contributed by atoms with Crippen LogP contribution < -0.4 is 5.76 Å². The second kappa shape index (κ2) is 6.34. The van der Waals surface area contributed by atoms with Crippen LogP contribution in [0.3, 0.4) is 0 Å². The molecule has 1 amide bonds. The Kier molecular flexibility index (Phi) is 4.52. The average molecular weight is 293 g/mol. The van der Waals surface area contributed by atoms with E-state index in [0.29, 0.717) is 24.9 Å². The second-order valence-electron chi connectivity index (χ2n) is 4.79. The van der Waals surface area contributed by atoms with Gasteiger partial charge in [0.25, 0.3) is 0 Å². The number of hydrogen-bond donors (Lipinski definition) is 0. The number of carbonyl (C=O) groups excluding carboxylic acids is 1. The maximum atomic E-state index is 12.8. The van der Waals surface area contributed by atoms with Crippen molar-refractivity contribution in [3.63, 3.8) is 0 Å². The Morgan fingerprint density at radius 2 is 2.00 bits per heavy atom. The van der Waals surface area contributed by atoms with Crippen LogP contribution in [0.4, 0.5) is 4.39 Å². The van der Waals surface area contributed by atoms with Crippen LogP contribution in [0.25, 0.3) is 11.5 Å². The maximum absolute atomic E-state index is 12.8. The molecule has 0 aliphatic carbocycles. The summed E-state index contributed by atoms with van der Waals surface area (Å²) in [5, 5.41) is 4.04. The fourth-order valence-electron chi connectivity index (χ4n) is 1.76. The van der Waals surface area contributed by atoms with E-state index in [-0.39, 0.29) is 17.6 Å². The molecule has 0 bridgehead atoms. The van der Waals surface area contributed by atoms with E-state index in [1.54, 1.807) is 14.1 Å². The molecule has 21 heavy (non-hydrogen) atoms. The molecule has 0 atom stereocenters. The predicted octanol–water partition coefficient (Wildman–Crippen LogP) is 1.51. The van der Waals surface area contributed by atoms with Crippen molar-refractivity contribution in [3.05, 3.63) is 40.6 Å². The fourth-order valence-corrected chi connectivity index (χ4v) is 1.76. The highest BCUT2D eigenvalue weighted by Gasteiger charge is 2.11. The predicted molar refractivity (Wildman–Crippen MR) is 74.1 cm³/mol. The van der Waals surface area contributed by atoms with E-state index in [4.69, 9.17) is 4.42 Å². The lowest BCUT2D eigenvalue weighted by molar-refractivity contribution is -0.128. The average Bonchev–Trinajstić information content (AvgIpc) is 2.81. The summed E-state index contributed by atoms with van der Waals surface area (Å²) in [5.74, 6) is -0.835. The van der Waals surface area contributed by atoms with Gasteiger partial charge in [0.2, 0.25) is 11.8 Å². The molecular weight excluding hydrogens is 277 g/mol. The lowest BCUT2D eigenvalue weighted by Gasteiger charge is -2.08. The van der Waals surface area contributed by atoms with Crippen LogP contribution in [0.1, 0.15) is 12.8 Å². The number of benzene rings is 1. The Morgan fingerprint density at radius 1 is 1.33 bits per heavy atom. The van der Waals surface area contributed by atoms with Gasteiger partial charge >= 0.3 is 5.76 Å². The van der Waals surface area contributed by atoms with Crippen LogP contribution in [0.5, 0.6) is 0 Å². The van der Waals surface area contributed by atoms with Crippen LogP contribution in [0, 0.1) is 5.82 Å². The molecule has 0 saturated heterocycles. The Labute approximate surface area is 120 Å². The summed E-state index contributed by atoms with van der Waals surface area (Å²) in [6, 6.07) is 5.51. The molecule has 0 fully saturated rings. The molecule has 0 N–H and O–H groups in total. The Bertz CT molecular complexity index is 674. The highest BCUT2D eigenvalue weighted by atomic mass is 19.1. The molecule has 112 valence electrons. The zero-order valence-electron chi connectivity index (χ0n) is 11.9. The van der Waals surface area contributed by atoms with Gasteiger partial charge < -0.3 is 9.32 Å². The Hall–Kier alpha value is -2.44. The minimum atomic E-state index is -0.591. The number of aromatic nitrogens is 2. The number of rotatable bonds is 5. The summed E-state index contributed by atoms with van der Waals surface area (Å²) in [4.78, 5) is 24.6. The molecule has 7 heteroatoms. The van der Waals surface area contributed by atoms with Gasteiger partial charge in [-0.2, -0.15) is 4.68 Å². The van der Waals surface area contributed by atoms with Gasteiger partial charge in [-0.05, 0) is 30.7 Å². The normalized spacial score (nSPS) is 10.6. The smallest absolute Gasteiger partial charge is 0.388 e. The first-order valence-electron chi connectivity index (χ1n) is 6.51. The zero-order valence-corrected chi connectivity index (χ0v) is 11.9. The molecule has 0 spiro atoms. The highest BCUT2D eigenvalue weighted by Crippen LogP contribution is 2.15. The van der Waals surface area contributed by atoms with Gasteiger partial charge in [0.15, 0.2) is 0 Å². The minimum Gasteiger partial charge on any atom is -0.388 e. The molecule has 1 aromatic carbocycles. The van der Waals surface area contributed by atoms with Crippen LogP contribution in [0.2, 0.25) is 0 Å². The van der Waals surface area contributed by atoms with Gasteiger partial charge in [-0.15, -0.1) is 5.10 Å². The molecule has 0 radical (unpaired) electrons. The number of halogens is 1. The number of nitrogens with zero attached hydrogens (tertiary/aromatic N) is 3. The van der Waals surface area contributed by atoms with Crippen LogP contribution in [-0.4, -0.2) is 34.7 Å². The van der Waals surface area contributed by atoms with Crippen molar-refractivity contribution < 1.29 is 13.6 Å². The van der Waals surface area contributed by atoms with Crippen molar-refractivity contribution in [2.24, 2.45) is 0 Å². The summed E-state index contributed by atoms with van der Waals surface area (Å²) < 4.78 is 19.0. The van der Waals surface area contributed by atoms with Crippen molar-refractivity contribution in [3.8, 4) is 11.5 Å². The highest BCUT2D eigenvalue weighted by molar-refractivity contribution is 5.75. The van der Waals surface area contributed by atoms with Gasteiger partial charge in [-0.25, -0.2) is 9.18 Å². The number of hydrogen-bond acceptors (Lipinski definition) is 4. The van der Waals surface area contributed by atoms with E-state index in [1.165, 1.54) is 33.8 Å². The maximum Gasteiger partial charge on any atom is 0.437 e. The molecule has 2 rings (SSSR count). The van der Waals surface area contributed by atoms with E-state index in [2.05, 4.69) is 5.10 Å². The van der Waals surface area contributed by atoms with Crippen LogP contribution >= 0.6 is 0 Å². The monoisotopic (exact) mass is 293 g/mol. The topological polar surface area (TPSA) is 68.3 Å². The first kappa shape index (κ1) is 15.0. The van der Waals surface area contributed by atoms with E-state index < -0.39 is 5.76 Å². The molecule has 0 aliphatic rings. The number of carbonyl (C=O) groups is 1. The molecule has 1 heterocycles. The molecule has 0 saturated carbocycles. The van der Waals surface area contributed by atoms with Crippen LogP contribution in [0.15, 0.2) is 33.5 Å². The standard InChI is InChI=1S/C14H16FN3O3/c1-17(2)12(19)4-3-9-18-14(20)21-13(16-18)10-5-7-11(15)8-6-10/h5-8H,3-4,9H2,1-2H3. The number of aryl methyl sites for hydroxylation is 1. The van der Waals surface area contributed by atoms with Crippen molar-refractivity contribution in [1.29, 1.82) is 0 Å². The van der Waals surface area contributed by atoms with E-state index in [9.17, 15) is 14.0 Å². The first-order chi connectivity index (χ1) is 9.97. The minimum absolute atomic E-state index is 0.00898. The van der Waals surface area contributed by atoms with Crippen molar-refractivity contribution in [1.82, 2.24) is 14.7 Å². The largest absolute Gasteiger partial charge is 0.437 e. The lowest BCUT2D eigenvalue weighted by Crippen LogP contribution is -2.23. The molecule has 1 aromatic heterocycles. The number of amides is 1. The van der Waals surface area contributed by atoms with Gasteiger partial charge in [-0.1, -0.05) is 0 Å². The Morgan fingerprint density at radius 3 is 2.62 bits per heavy atom. The molecule has 0 aliphatic heterocycles. The fraction of sp³-hybridized carbons (Fsp3) is 0.357. The molecule has 6 nitrogen and oxygen atoms in total. The lowest BCUT2D eigenvalue weighted by atomic mass is 10.2. The quantitative estimate of drug-likeness (QED) is 0.838. The van der Waals surface area contributed by atoms with E-state index >= 15 is 0 Å². The van der Waals surface area contributed by atoms with Gasteiger partial charge in [0, 0.05) is 32.6 Å². The van der Waals surface area contributed by atoms with Crippen LogP contribution in [-0.2, 0) is 11.3 Å². The summed E-state index contributed by atoms with van der Waals surface area (Å²) in [5.41, 5.74) is 0.525.